The van der Waals surface area contributed by atoms with Crippen LogP contribution in [0.15, 0.2) is 24.3 Å². The van der Waals surface area contributed by atoms with E-state index in [1.54, 1.807) is 12.1 Å². The minimum Gasteiger partial charge on any atom is -0.492 e. The predicted octanol–water partition coefficient (Wildman–Crippen LogP) is 1.92. The third-order valence-electron chi connectivity index (χ3n) is 1.79. The van der Waals surface area contributed by atoms with Gasteiger partial charge in [-0.05, 0) is 38.4 Å². The van der Waals surface area contributed by atoms with Crippen LogP contribution in [0.1, 0.15) is 5.56 Å². The summed E-state index contributed by atoms with van der Waals surface area (Å²) in [5.74, 6) is 0.811. The smallest absolute Gasteiger partial charge is 0.119 e. The highest BCUT2D eigenvalue weighted by atomic mass is 35.5. The lowest BCUT2D eigenvalue weighted by atomic mass is 10.2. The van der Waals surface area contributed by atoms with Gasteiger partial charge in [0.15, 0.2) is 0 Å². The Morgan fingerprint density at radius 2 is 1.87 bits per heavy atom. The average Bonchev–Trinajstić information content (AvgIpc) is 2.18. The minimum absolute atomic E-state index is 0. The van der Waals surface area contributed by atoms with Gasteiger partial charge in [0.1, 0.15) is 12.4 Å². The number of likely N-dealkylation sites (N-methyl/N-ethyl adjacent to an activating group) is 1. The minimum atomic E-state index is 0. The Morgan fingerprint density at radius 3 is 2.33 bits per heavy atom. The van der Waals surface area contributed by atoms with Crippen LogP contribution in [-0.2, 0) is 0 Å². The van der Waals surface area contributed by atoms with Gasteiger partial charge in [-0.3, -0.25) is 0 Å². The van der Waals surface area contributed by atoms with Gasteiger partial charge < -0.3 is 9.64 Å². The van der Waals surface area contributed by atoms with Crippen LogP contribution in [0.4, 0.5) is 0 Å². The van der Waals surface area contributed by atoms with Gasteiger partial charge in [-0.25, -0.2) is 0 Å². The van der Waals surface area contributed by atoms with Crippen LogP contribution in [-0.4, -0.2) is 32.1 Å². The lowest BCUT2D eigenvalue weighted by Gasteiger charge is -2.10. The van der Waals surface area contributed by atoms with Gasteiger partial charge in [-0.15, -0.1) is 12.4 Å². The van der Waals surface area contributed by atoms with Crippen molar-refractivity contribution in [1.82, 2.24) is 4.90 Å². The molecule has 4 heteroatoms. The van der Waals surface area contributed by atoms with Crippen LogP contribution in [0.3, 0.4) is 0 Å². The zero-order valence-corrected chi connectivity index (χ0v) is 9.75. The quantitative estimate of drug-likeness (QED) is 0.787. The number of nitrogens with zero attached hydrogens (tertiary/aromatic N) is 2. The molecular weight excluding hydrogens is 212 g/mol. The number of halogens is 1. The van der Waals surface area contributed by atoms with Crippen molar-refractivity contribution in [2.24, 2.45) is 0 Å². The fourth-order valence-electron chi connectivity index (χ4n) is 0.972. The lowest BCUT2D eigenvalue weighted by molar-refractivity contribution is 0.261. The second-order valence-electron chi connectivity index (χ2n) is 3.29. The first-order valence-corrected chi connectivity index (χ1v) is 4.50. The molecule has 82 valence electrons. The second-order valence-corrected chi connectivity index (χ2v) is 3.29. The van der Waals surface area contributed by atoms with Crippen molar-refractivity contribution in [1.29, 1.82) is 5.26 Å². The van der Waals surface area contributed by atoms with Crippen LogP contribution in [0.25, 0.3) is 0 Å². The van der Waals surface area contributed by atoms with Crippen LogP contribution >= 0.6 is 12.4 Å². The fourth-order valence-corrected chi connectivity index (χ4v) is 0.972. The zero-order chi connectivity index (χ0) is 10.4. The molecule has 0 aliphatic carbocycles. The Bertz CT molecular complexity index is 316. The fraction of sp³-hybridized carbons (Fsp3) is 0.364. The third-order valence-corrected chi connectivity index (χ3v) is 1.79. The molecule has 1 rings (SSSR count). The van der Waals surface area contributed by atoms with E-state index < -0.39 is 0 Å². The van der Waals surface area contributed by atoms with Gasteiger partial charge in [-0.2, -0.15) is 5.26 Å². The molecule has 0 heterocycles. The van der Waals surface area contributed by atoms with E-state index >= 15 is 0 Å². The molecule has 0 aliphatic rings. The molecule has 0 aliphatic heterocycles. The first kappa shape index (κ1) is 13.8. The SMILES string of the molecule is CN(C)CCOc1ccc(C#N)cc1.Cl. The summed E-state index contributed by atoms with van der Waals surface area (Å²) in [7, 11) is 4.00. The normalized spacial score (nSPS) is 9.20. The van der Waals surface area contributed by atoms with E-state index in [-0.39, 0.29) is 12.4 Å². The molecule has 1 aromatic carbocycles. The van der Waals surface area contributed by atoms with Crippen molar-refractivity contribution in [2.45, 2.75) is 0 Å². The highest BCUT2D eigenvalue weighted by Gasteiger charge is 1.95. The largest absolute Gasteiger partial charge is 0.492 e. The molecule has 0 atom stereocenters. The molecule has 0 aromatic heterocycles. The molecule has 0 unspecified atom stereocenters. The van der Waals surface area contributed by atoms with E-state index in [1.165, 1.54) is 0 Å². The van der Waals surface area contributed by atoms with E-state index in [9.17, 15) is 0 Å². The monoisotopic (exact) mass is 226 g/mol. The van der Waals surface area contributed by atoms with Crippen molar-refractivity contribution >= 4 is 12.4 Å². The first-order valence-electron chi connectivity index (χ1n) is 4.50. The standard InChI is InChI=1S/C11H14N2O.ClH/c1-13(2)7-8-14-11-5-3-10(9-12)4-6-11;/h3-6H,7-8H2,1-2H3;1H. The first-order chi connectivity index (χ1) is 6.72. The maximum Gasteiger partial charge on any atom is 0.119 e. The van der Waals surface area contributed by atoms with Gasteiger partial charge in [0.25, 0.3) is 0 Å². The number of rotatable bonds is 4. The lowest BCUT2D eigenvalue weighted by Crippen LogP contribution is -2.19. The second kappa shape index (κ2) is 7.10. The molecule has 0 amide bonds. The Labute approximate surface area is 96.7 Å². The number of nitriles is 1. The highest BCUT2D eigenvalue weighted by Crippen LogP contribution is 2.11. The molecule has 1 aromatic rings. The van der Waals surface area contributed by atoms with E-state index in [0.717, 1.165) is 12.3 Å². The van der Waals surface area contributed by atoms with Gasteiger partial charge >= 0.3 is 0 Å². The molecule has 0 bridgehead atoms. The number of benzene rings is 1. The third kappa shape index (κ3) is 5.26. The van der Waals surface area contributed by atoms with Gasteiger partial charge in [0.05, 0.1) is 11.6 Å². The summed E-state index contributed by atoms with van der Waals surface area (Å²) in [6.45, 7) is 1.55. The van der Waals surface area contributed by atoms with Gasteiger partial charge in [-0.1, -0.05) is 0 Å². The Kier molecular flexibility index (Phi) is 6.52. The van der Waals surface area contributed by atoms with Crippen molar-refractivity contribution in [3.05, 3.63) is 29.8 Å². The summed E-state index contributed by atoms with van der Waals surface area (Å²) < 4.78 is 5.47. The summed E-state index contributed by atoms with van der Waals surface area (Å²) in [4.78, 5) is 2.06. The van der Waals surface area contributed by atoms with E-state index in [0.29, 0.717) is 12.2 Å². The van der Waals surface area contributed by atoms with E-state index in [2.05, 4.69) is 11.0 Å². The van der Waals surface area contributed by atoms with Gasteiger partial charge in [0, 0.05) is 6.54 Å². The number of ether oxygens (including phenoxy) is 1. The number of hydrogen-bond acceptors (Lipinski definition) is 3. The molecule has 0 radical (unpaired) electrons. The Hall–Kier alpha value is -1.24. The zero-order valence-electron chi connectivity index (χ0n) is 8.93. The Balaban J connectivity index is 0.00000196. The van der Waals surface area contributed by atoms with Crippen LogP contribution < -0.4 is 4.74 Å². The topological polar surface area (TPSA) is 36.3 Å². The average molecular weight is 227 g/mol. The molecule has 0 saturated heterocycles. The van der Waals surface area contributed by atoms with Crippen molar-refractivity contribution in [2.75, 3.05) is 27.2 Å². The van der Waals surface area contributed by atoms with E-state index in [4.69, 9.17) is 10.00 Å². The van der Waals surface area contributed by atoms with Crippen LogP contribution in [0.5, 0.6) is 5.75 Å². The summed E-state index contributed by atoms with van der Waals surface area (Å²) in [5, 5.41) is 8.58. The molecule has 0 N–H and O–H groups in total. The van der Waals surface area contributed by atoms with E-state index in [1.807, 2.05) is 26.2 Å². The number of hydrogen-bond donors (Lipinski definition) is 0. The van der Waals surface area contributed by atoms with Crippen LogP contribution in [0, 0.1) is 11.3 Å². The maximum atomic E-state index is 8.58. The highest BCUT2D eigenvalue weighted by molar-refractivity contribution is 5.85. The Morgan fingerprint density at radius 1 is 1.27 bits per heavy atom. The molecule has 3 nitrogen and oxygen atoms in total. The summed E-state index contributed by atoms with van der Waals surface area (Å²) in [6.07, 6.45) is 0. The van der Waals surface area contributed by atoms with Crippen molar-refractivity contribution < 1.29 is 4.74 Å². The molecule has 0 fully saturated rings. The summed E-state index contributed by atoms with van der Waals surface area (Å²) in [5.41, 5.74) is 0.657. The molecule has 0 saturated carbocycles. The van der Waals surface area contributed by atoms with Crippen molar-refractivity contribution in [3.8, 4) is 11.8 Å². The van der Waals surface area contributed by atoms with Crippen LogP contribution in [0.2, 0.25) is 0 Å². The van der Waals surface area contributed by atoms with Gasteiger partial charge in [0.2, 0.25) is 0 Å². The maximum absolute atomic E-state index is 8.58. The molecular formula is C11H15ClN2O. The predicted molar refractivity (Wildman–Crippen MR) is 62.5 cm³/mol. The summed E-state index contributed by atoms with van der Waals surface area (Å²) >= 11 is 0. The molecule has 15 heavy (non-hydrogen) atoms. The van der Waals surface area contributed by atoms with Crippen molar-refractivity contribution in [3.63, 3.8) is 0 Å². The molecule has 0 spiro atoms. The summed E-state index contributed by atoms with van der Waals surface area (Å²) in [6, 6.07) is 9.20.